The van der Waals surface area contributed by atoms with Gasteiger partial charge in [-0.05, 0) is 39.5 Å². The summed E-state index contributed by atoms with van der Waals surface area (Å²) in [5, 5.41) is 2.30. The third-order valence-electron chi connectivity index (χ3n) is 8.32. The first-order chi connectivity index (χ1) is 20.5. The second-order valence-electron chi connectivity index (χ2n) is 12.7. The van der Waals surface area contributed by atoms with Crippen LogP contribution in [-0.4, -0.2) is 52.3 Å². The van der Waals surface area contributed by atoms with Gasteiger partial charge in [-0.3, -0.25) is 4.79 Å². The number of benzene rings is 3. The predicted octanol–water partition coefficient (Wildman–Crippen LogP) is 7.00. The number of rotatable bonds is 11. The Hall–Kier alpha value is -2.68. The summed E-state index contributed by atoms with van der Waals surface area (Å²) in [6, 6.07) is 31.5. The standard InChI is InChI=1S/C36H46O5SSi/c1-28(37)41-33-29(23-25-39-36(33,38-7)35(5,6)27-42-30-17-11-8-12-18-30)24-26-40-43(34(2,3)4,31-19-13-9-14-20-31)32-21-15-10-16-22-32/h8-22,24,33H,23,25-27H2,1-7H3/b29-24+/t33-,36?/m0/s1. The third kappa shape index (κ3) is 7.02. The molecule has 0 amide bonds. The van der Waals surface area contributed by atoms with E-state index in [0.29, 0.717) is 25.4 Å². The van der Waals surface area contributed by atoms with E-state index in [4.69, 9.17) is 18.6 Å². The quantitative estimate of drug-likeness (QED) is 0.0998. The highest BCUT2D eigenvalue weighted by atomic mass is 32.2. The van der Waals surface area contributed by atoms with E-state index in [2.05, 4.69) is 101 Å². The van der Waals surface area contributed by atoms with Crippen molar-refractivity contribution in [2.24, 2.45) is 5.41 Å². The number of ether oxygens (including phenoxy) is 3. The van der Waals surface area contributed by atoms with E-state index in [1.807, 2.05) is 30.3 Å². The predicted molar refractivity (Wildman–Crippen MR) is 178 cm³/mol. The van der Waals surface area contributed by atoms with Crippen molar-refractivity contribution in [3.05, 3.63) is 103 Å². The average Bonchev–Trinajstić information content (AvgIpc) is 2.99. The van der Waals surface area contributed by atoms with Crippen molar-refractivity contribution in [1.82, 2.24) is 0 Å². The summed E-state index contributed by atoms with van der Waals surface area (Å²) in [5.74, 6) is -0.835. The maximum Gasteiger partial charge on any atom is 0.303 e. The monoisotopic (exact) mass is 618 g/mol. The van der Waals surface area contributed by atoms with Crippen LogP contribution in [0.1, 0.15) is 48.0 Å². The normalized spacial score (nSPS) is 20.6. The first-order valence-electron chi connectivity index (χ1n) is 14.9. The minimum absolute atomic E-state index is 0.147. The molecule has 1 aliphatic heterocycles. The molecule has 1 aliphatic rings. The summed E-state index contributed by atoms with van der Waals surface area (Å²) in [7, 11) is -1.09. The van der Waals surface area contributed by atoms with Gasteiger partial charge in [-0.15, -0.1) is 11.8 Å². The molecule has 1 saturated heterocycles. The first kappa shape index (κ1) is 33.2. The molecule has 0 spiro atoms. The highest BCUT2D eigenvalue weighted by Crippen LogP contribution is 2.47. The second-order valence-corrected chi connectivity index (χ2v) is 18.1. The molecule has 43 heavy (non-hydrogen) atoms. The largest absolute Gasteiger partial charge is 0.452 e. The molecular formula is C36H46O5SSi. The number of methoxy groups -OCH3 is 1. The fourth-order valence-electron chi connectivity index (χ4n) is 6.21. The van der Waals surface area contributed by atoms with Gasteiger partial charge in [0.25, 0.3) is 8.32 Å². The zero-order valence-corrected chi connectivity index (χ0v) is 28.4. The topological polar surface area (TPSA) is 54.0 Å². The molecule has 0 bridgehead atoms. The van der Waals surface area contributed by atoms with Gasteiger partial charge in [0.15, 0.2) is 6.10 Å². The van der Waals surface area contributed by atoms with Gasteiger partial charge in [0, 0.05) is 30.1 Å². The summed E-state index contributed by atoms with van der Waals surface area (Å²) in [5.41, 5.74) is 0.444. The minimum Gasteiger partial charge on any atom is -0.452 e. The van der Waals surface area contributed by atoms with E-state index in [9.17, 15) is 4.79 Å². The van der Waals surface area contributed by atoms with Gasteiger partial charge in [0.05, 0.1) is 13.2 Å². The number of hydrogen-bond acceptors (Lipinski definition) is 6. The van der Waals surface area contributed by atoms with E-state index in [-0.39, 0.29) is 11.0 Å². The van der Waals surface area contributed by atoms with Gasteiger partial charge in [0.1, 0.15) is 0 Å². The van der Waals surface area contributed by atoms with E-state index >= 15 is 0 Å². The molecule has 0 aliphatic carbocycles. The molecule has 0 aromatic heterocycles. The van der Waals surface area contributed by atoms with Gasteiger partial charge in [-0.2, -0.15) is 0 Å². The van der Waals surface area contributed by atoms with E-state index in [1.165, 1.54) is 17.3 Å². The Morgan fingerprint density at radius 2 is 1.47 bits per heavy atom. The Kier molecular flexibility index (Phi) is 10.8. The smallest absolute Gasteiger partial charge is 0.303 e. The molecule has 5 nitrogen and oxygen atoms in total. The lowest BCUT2D eigenvalue weighted by molar-refractivity contribution is -0.322. The highest BCUT2D eigenvalue weighted by Gasteiger charge is 2.57. The van der Waals surface area contributed by atoms with Crippen LogP contribution in [-0.2, 0) is 23.4 Å². The van der Waals surface area contributed by atoms with Gasteiger partial charge in [0.2, 0.25) is 5.79 Å². The molecule has 7 heteroatoms. The van der Waals surface area contributed by atoms with Crippen molar-refractivity contribution >= 4 is 36.4 Å². The second kappa shape index (κ2) is 14.0. The van der Waals surface area contributed by atoms with Crippen LogP contribution in [0.4, 0.5) is 0 Å². The maximum absolute atomic E-state index is 12.5. The van der Waals surface area contributed by atoms with Crippen molar-refractivity contribution in [2.75, 3.05) is 26.1 Å². The zero-order chi connectivity index (χ0) is 31.1. The summed E-state index contributed by atoms with van der Waals surface area (Å²) >= 11 is 1.74. The summed E-state index contributed by atoms with van der Waals surface area (Å²) in [6.07, 6.45) is 2.01. The average molecular weight is 619 g/mol. The Labute approximate surface area is 263 Å². The molecule has 1 heterocycles. The van der Waals surface area contributed by atoms with E-state index in [1.54, 1.807) is 18.9 Å². The Bertz CT molecular complexity index is 1320. The molecule has 0 saturated carbocycles. The van der Waals surface area contributed by atoms with Crippen LogP contribution < -0.4 is 10.4 Å². The molecule has 1 fully saturated rings. The molecule has 3 aromatic carbocycles. The molecule has 3 aromatic rings. The number of carbonyl (C=O) groups is 1. The van der Waals surface area contributed by atoms with E-state index in [0.717, 1.165) is 10.5 Å². The van der Waals surface area contributed by atoms with E-state index < -0.39 is 25.6 Å². The van der Waals surface area contributed by atoms with Crippen LogP contribution in [0.3, 0.4) is 0 Å². The van der Waals surface area contributed by atoms with Crippen molar-refractivity contribution < 1.29 is 23.4 Å². The third-order valence-corrected chi connectivity index (χ3v) is 14.8. The van der Waals surface area contributed by atoms with Crippen LogP contribution in [0.25, 0.3) is 0 Å². The lowest BCUT2D eigenvalue weighted by atomic mass is 9.77. The molecular weight excluding hydrogens is 573 g/mol. The molecule has 230 valence electrons. The fourth-order valence-corrected chi connectivity index (χ4v) is 11.8. The highest BCUT2D eigenvalue weighted by molar-refractivity contribution is 7.99. The van der Waals surface area contributed by atoms with Crippen LogP contribution in [0, 0.1) is 5.41 Å². The number of hydrogen-bond donors (Lipinski definition) is 0. The minimum atomic E-state index is -2.74. The number of esters is 1. The number of thioether (sulfide) groups is 1. The first-order valence-corrected chi connectivity index (χ1v) is 17.8. The fraction of sp³-hybridized carbons (Fsp3) is 0.417. The van der Waals surface area contributed by atoms with Gasteiger partial charge >= 0.3 is 5.97 Å². The zero-order valence-electron chi connectivity index (χ0n) is 26.6. The van der Waals surface area contributed by atoms with Gasteiger partial charge in [-0.1, -0.05) is 120 Å². The summed E-state index contributed by atoms with van der Waals surface area (Å²) in [4.78, 5) is 13.7. The Morgan fingerprint density at radius 1 is 0.930 bits per heavy atom. The van der Waals surface area contributed by atoms with Crippen LogP contribution >= 0.6 is 11.8 Å². The lowest BCUT2D eigenvalue weighted by Crippen LogP contribution is -2.66. The van der Waals surface area contributed by atoms with Gasteiger partial charge in [-0.25, -0.2) is 0 Å². The SMILES string of the molecule is COC1(C(C)(C)CSc2ccccc2)OCC/C(=C\CO[Si](c2ccccc2)(c2ccccc2)C(C)(C)C)[C@@H]1OC(C)=O. The Balaban J connectivity index is 1.70. The van der Waals surface area contributed by atoms with Crippen LogP contribution in [0.5, 0.6) is 0 Å². The van der Waals surface area contributed by atoms with Crippen LogP contribution in [0.2, 0.25) is 5.04 Å². The molecule has 2 atom stereocenters. The van der Waals surface area contributed by atoms with Crippen LogP contribution in [0.15, 0.2) is 108 Å². The maximum atomic E-state index is 12.5. The van der Waals surface area contributed by atoms with Crippen molar-refractivity contribution in [3.8, 4) is 0 Å². The molecule has 0 N–H and O–H groups in total. The molecule has 0 radical (unpaired) electrons. The lowest BCUT2D eigenvalue weighted by Gasteiger charge is -2.51. The van der Waals surface area contributed by atoms with Crippen molar-refractivity contribution in [3.63, 3.8) is 0 Å². The van der Waals surface area contributed by atoms with Gasteiger partial charge < -0.3 is 18.6 Å². The summed E-state index contributed by atoms with van der Waals surface area (Å²) < 4.78 is 25.9. The molecule has 1 unspecified atom stereocenters. The van der Waals surface area contributed by atoms with Crippen molar-refractivity contribution in [2.45, 2.75) is 69.8 Å². The van der Waals surface area contributed by atoms with Crippen molar-refractivity contribution in [1.29, 1.82) is 0 Å². The summed E-state index contributed by atoms with van der Waals surface area (Å²) in [6.45, 7) is 13.3. The Morgan fingerprint density at radius 3 is 1.95 bits per heavy atom. The number of carbonyl (C=O) groups excluding carboxylic acids is 1. The molecule has 4 rings (SSSR count).